The Balaban J connectivity index is 3.22. The van der Waals surface area contributed by atoms with Crippen molar-refractivity contribution in [3.05, 3.63) is 36.5 Å². The monoisotopic (exact) mass is 278 g/mol. The van der Waals surface area contributed by atoms with E-state index in [4.69, 9.17) is 5.11 Å². The first-order valence-electron chi connectivity index (χ1n) is 7.98. The molecule has 0 saturated heterocycles. The maximum Gasteiger partial charge on any atom is 0.327 e. The van der Waals surface area contributed by atoms with Crippen LogP contribution in [0.1, 0.15) is 71.1 Å². The Kier molecular flexibility index (Phi) is 14.7. The lowest BCUT2D eigenvalue weighted by molar-refractivity contribution is -0.131. The van der Waals surface area contributed by atoms with E-state index in [2.05, 4.69) is 31.2 Å². The highest BCUT2D eigenvalue weighted by Crippen LogP contribution is 2.08. The Morgan fingerprint density at radius 3 is 1.85 bits per heavy atom. The number of carbonyl (C=O) groups is 1. The van der Waals surface area contributed by atoms with E-state index in [9.17, 15) is 4.79 Å². The zero-order chi connectivity index (χ0) is 14.9. The van der Waals surface area contributed by atoms with Crippen molar-refractivity contribution in [3.8, 4) is 0 Å². The van der Waals surface area contributed by atoms with Crippen LogP contribution < -0.4 is 0 Å². The molecule has 20 heavy (non-hydrogen) atoms. The summed E-state index contributed by atoms with van der Waals surface area (Å²) in [5, 5.41) is 8.42. The molecule has 0 aliphatic carbocycles. The van der Waals surface area contributed by atoms with Gasteiger partial charge in [-0.3, -0.25) is 0 Å². The number of hydrogen-bond donors (Lipinski definition) is 1. The summed E-state index contributed by atoms with van der Waals surface area (Å²) in [6.07, 6.45) is 23.6. The maximum absolute atomic E-state index is 10.2. The molecule has 0 aromatic rings. The Hall–Kier alpha value is -1.31. The first-order valence-corrected chi connectivity index (χ1v) is 7.98. The third-order valence-corrected chi connectivity index (χ3v) is 3.11. The minimum atomic E-state index is -0.847. The summed E-state index contributed by atoms with van der Waals surface area (Å²) in [6.45, 7) is 2.21. The standard InChI is InChI=1S/C18H30O2/c1-2-3-4-5-6-7-8-9-10-11-12-13-14-15-16-17-18(19)20/h5-8,16-17H,2-4,9-15H2,1H3,(H,19,20). The molecular formula is C18H30O2. The van der Waals surface area contributed by atoms with Crippen molar-refractivity contribution in [1.29, 1.82) is 0 Å². The normalized spacial score (nSPS) is 12.1. The van der Waals surface area contributed by atoms with Crippen LogP contribution in [0, 0.1) is 0 Å². The summed E-state index contributed by atoms with van der Waals surface area (Å²) in [6, 6.07) is 0. The Labute approximate surface area is 124 Å². The summed E-state index contributed by atoms with van der Waals surface area (Å²) in [4.78, 5) is 10.2. The van der Waals surface area contributed by atoms with Gasteiger partial charge in [-0.1, -0.05) is 69.4 Å². The molecule has 1 N–H and O–H groups in total. The summed E-state index contributed by atoms with van der Waals surface area (Å²) < 4.78 is 0. The fraction of sp³-hybridized carbons (Fsp3) is 0.611. The van der Waals surface area contributed by atoms with E-state index in [1.54, 1.807) is 6.08 Å². The Morgan fingerprint density at radius 2 is 1.30 bits per heavy atom. The quantitative estimate of drug-likeness (QED) is 0.268. The van der Waals surface area contributed by atoms with Crippen molar-refractivity contribution < 1.29 is 9.90 Å². The zero-order valence-electron chi connectivity index (χ0n) is 12.9. The maximum atomic E-state index is 10.2. The van der Waals surface area contributed by atoms with E-state index in [0.29, 0.717) is 0 Å². The molecule has 0 fully saturated rings. The van der Waals surface area contributed by atoms with Crippen LogP contribution in [-0.2, 0) is 4.79 Å². The average molecular weight is 278 g/mol. The van der Waals surface area contributed by atoms with Gasteiger partial charge in [-0.05, 0) is 32.1 Å². The molecule has 0 bridgehead atoms. The van der Waals surface area contributed by atoms with Crippen LogP contribution in [0.5, 0.6) is 0 Å². The van der Waals surface area contributed by atoms with Gasteiger partial charge < -0.3 is 5.11 Å². The molecule has 2 heteroatoms. The number of hydrogen-bond acceptors (Lipinski definition) is 1. The van der Waals surface area contributed by atoms with Crippen LogP contribution in [0.15, 0.2) is 36.5 Å². The largest absolute Gasteiger partial charge is 0.478 e. The lowest BCUT2D eigenvalue weighted by Crippen LogP contribution is -1.85. The minimum absolute atomic E-state index is 0.847. The van der Waals surface area contributed by atoms with Crippen LogP contribution in [0.4, 0.5) is 0 Å². The first-order chi connectivity index (χ1) is 9.77. The van der Waals surface area contributed by atoms with E-state index in [1.165, 1.54) is 51.0 Å². The Bertz CT molecular complexity index is 301. The van der Waals surface area contributed by atoms with E-state index in [0.717, 1.165) is 19.3 Å². The van der Waals surface area contributed by atoms with Crippen molar-refractivity contribution in [1.82, 2.24) is 0 Å². The topological polar surface area (TPSA) is 37.3 Å². The first kappa shape index (κ1) is 18.7. The molecule has 0 unspecified atom stereocenters. The van der Waals surface area contributed by atoms with Gasteiger partial charge in [-0.2, -0.15) is 0 Å². The molecule has 0 aromatic heterocycles. The highest BCUT2D eigenvalue weighted by atomic mass is 16.4. The Morgan fingerprint density at radius 1 is 0.800 bits per heavy atom. The van der Waals surface area contributed by atoms with Gasteiger partial charge in [-0.25, -0.2) is 4.79 Å². The number of rotatable bonds is 13. The van der Waals surface area contributed by atoms with Gasteiger partial charge in [-0.15, -0.1) is 0 Å². The lowest BCUT2D eigenvalue weighted by atomic mass is 10.1. The van der Waals surface area contributed by atoms with Gasteiger partial charge in [0.05, 0.1) is 0 Å². The van der Waals surface area contributed by atoms with Crippen LogP contribution >= 0.6 is 0 Å². The van der Waals surface area contributed by atoms with Crippen molar-refractivity contribution >= 4 is 5.97 Å². The second kappa shape index (κ2) is 15.7. The molecule has 0 spiro atoms. The number of carboxylic acids is 1. The average Bonchev–Trinajstić information content (AvgIpc) is 2.43. The van der Waals surface area contributed by atoms with E-state index in [-0.39, 0.29) is 0 Å². The second-order valence-electron chi connectivity index (χ2n) is 5.08. The molecule has 0 aromatic carbocycles. The van der Waals surface area contributed by atoms with Crippen molar-refractivity contribution in [3.63, 3.8) is 0 Å². The number of aliphatic carboxylic acids is 1. The molecule has 0 saturated carbocycles. The molecule has 0 radical (unpaired) electrons. The summed E-state index contributed by atoms with van der Waals surface area (Å²) in [5.41, 5.74) is 0. The van der Waals surface area contributed by atoms with Gasteiger partial charge in [0.15, 0.2) is 0 Å². The van der Waals surface area contributed by atoms with Gasteiger partial charge >= 0.3 is 5.97 Å². The molecule has 0 amide bonds. The van der Waals surface area contributed by atoms with Gasteiger partial charge in [0.25, 0.3) is 0 Å². The summed E-state index contributed by atoms with van der Waals surface area (Å²) >= 11 is 0. The van der Waals surface area contributed by atoms with E-state index < -0.39 is 5.97 Å². The summed E-state index contributed by atoms with van der Waals surface area (Å²) in [5.74, 6) is -0.847. The molecule has 0 rings (SSSR count). The SMILES string of the molecule is CCCCC=CC=CCCCCCCCC=CC(=O)O. The molecule has 2 nitrogen and oxygen atoms in total. The zero-order valence-corrected chi connectivity index (χ0v) is 12.9. The fourth-order valence-electron chi connectivity index (χ4n) is 1.91. The predicted octanol–water partition coefficient (Wildman–Crippen LogP) is 5.66. The molecule has 0 aliphatic rings. The van der Waals surface area contributed by atoms with Gasteiger partial charge in [0.2, 0.25) is 0 Å². The minimum Gasteiger partial charge on any atom is -0.478 e. The second-order valence-corrected chi connectivity index (χ2v) is 5.08. The number of allylic oxidation sites excluding steroid dienone is 5. The van der Waals surface area contributed by atoms with E-state index >= 15 is 0 Å². The van der Waals surface area contributed by atoms with Crippen LogP contribution in [0.3, 0.4) is 0 Å². The van der Waals surface area contributed by atoms with Crippen molar-refractivity contribution in [2.45, 2.75) is 71.1 Å². The van der Waals surface area contributed by atoms with Gasteiger partial charge in [0, 0.05) is 6.08 Å². The third-order valence-electron chi connectivity index (χ3n) is 3.11. The smallest absolute Gasteiger partial charge is 0.327 e. The molecule has 0 aliphatic heterocycles. The fourth-order valence-corrected chi connectivity index (χ4v) is 1.91. The lowest BCUT2D eigenvalue weighted by Gasteiger charge is -1.97. The van der Waals surface area contributed by atoms with Crippen LogP contribution in [0.25, 0.3) is 0 Å². The number of unbranched alkanes of at least 4 members (excludes halogenated alkanes) is 8. The molecule has 0 heterocycles. The molecule has 114 valence electrons. The van der Waals surface area contributed by atoms with E-state index in [1.807, 2.05) is 0 Å². The molecule has 0 atom stereocenters. The van der Waals surface area contributed by atoms with Crippen LogP contribution in [-0.4, -0.2) is 11.1 Å². The summed E-state index contributed by atoms with van der Waals surface area (Å²) in [7, 11) is 0. The highest BCUT2D eigenvalue weighted by Gasteiger charge is 1.89. The van der Waals surface area contributed by atoms with Crippen molar-refractivity contribution in [2.75, 3.05) is 0 Å². The number of carboxylic acid groups (broad SMARTS) is 1. The van der Waals surface area contributed by atoms with Crippen LogP contribution in [0.2, 0.25) is 0 Å². The predicted molar refractivity (Wildman–Crippen MR) is 86.9 cm³/mol. The highest BCUT2D eigenvalue weighted by molar-refractivity contribution is 5.79. The third kappa shape index (κ3) is 16.7. The molecular weight excluding hydrogens is 248 g/mol. The van der Waals surface area contributed by atoms with Gasteiger partial charge in [0.1, 0.15) is 0 Å². The van der Waals surface area contributed by atoms with Crippen molar-refractivity contribution in [2.24, 2.45) is 0 Å².